The normalized spacial score (nSPS) is 13.4. The van der Waals surface area contributed by atoms with Crippen LogP contribution < -0.4 is 14.8 Å². The molecule has 9 heteroatoms. The summed E-state index contributed by atoms with van der Waals surface area (Å²) in [7, 11) is 1.22. The van der Waals surface area contributed by atoms with Crippen LogP contribution in [0.5, 0.6) is 11.5 Å². The fourth-order valence-corrected chi connectivity index (χ4v) is 3.12. The molecule has 1 saturated carbocycles. The molecule has 0 radical (unpaired) electrons. The van der Waals surface area contributed by atoms with Crippen LogP contribution in [0.2, 0.25) is 0 Å². The third kappa shape index (κ3) is 5.72. The van der Waals surface area contributed by atoms with Gasteiger partial charge in [-0.3, -0.25) is 9.69 Å². The van der Waals surface area contributed by atoms with E-state index in [4.69, 9.17) is 9.47 Å². The molecule has 3 rings (SSSR count). The van der Waals surface area contributed by atoms with Gasteiger partial charge in [0.15, 0.2) is 11.5 Å². The predicted molar refractivity (Wildman–Crippen MR) is 112 cm³/mol. The molecule has 2 aromatic carbocycles. The Labute approximate surface area is 184 Å². The summed E-state index contributed by atoms with van der Waals surface area (Å²) in [5.74, 6) is -1.22. The first-order valence-corrected chi connectivity index (χ1v) is 10.3. The number of benzene rings is 2. The summed E-state index contributed by atoms with van der Waals surface area (Å²) in [6.45, 7) is 1.79. The number of hydrogen-bond acceptors (Lipinski definition) is 4. The van der Waals surface area contributed by atoms with Gasteiger partial charge in [0.1, 0.15) is 6.61 Å². The summed E-state index contributed by atoms with van der Waals surface area (Å²) < 4.78 is 52.2. The first-order valence-electron chi connectivity index (χ1n) is 10.3. The molecule has 0 spiro atoms. The van der Waals surface area contributed by atoms with Gasteiger partial charge in [-0.15, -0.1) is 0 Å². The number of rotatable bonds is 8. The number of amides is 3. The van der Waals surface area contributed by atoms with Gasteiger partial charge in [-0.1, -0.05) is 37.3 Å². The number of methoxy groups -OCH3 is 1. The van der Waals surface area contributed by atoms with Crippen LogP contribution in [-0.4, -0.2) is 36.5 Å². The molecule has 0 atom stereocenters. The highest BCUT2D eigenvalue weighted by molar-refractivity contribution is 6.05. The maximum Gasteiger partial charge on any atom is 0.417 e. The number of nitrogens with zero attached hydrogens (tertiary/aromatic N) is 1. The van der Waals surface area contributed by atoms with Gasteiger partial charge < -0.3 is 14.8 Å². The van der Waals surface area contributed by atoms with Gasteiger partial charge in [0.25, 0.3) is 5.91 Å². The summed E-state index contributed by atoms with van der Waals surface area (Å²) >= 11 is 0. The topological polar surface area (TPSA) is 67.9 Å². The average Bonchev–Trinajstić information content (AvgIpc) is 3.58. The van der Waals surface area contributed by atoms with Gasteiger partial charge in [0.2, 0.25) is 0 Å². The molecule has 172 valence electrons. The highest BCUT2D eigenvalue weighted by Crippen LogP contribution is 2.40. The highest BCUT2D eigenvalue weighted by Gasteiger charge is 2.39. The van der Waals surface area contributed by atoms with E-state index >= 15 is 0 Å². The average molecular weight is 450 g/mol. The molecular formula is C23H25F3N2O4. The van der Waals surface area contributed by atoms with Crippen molar-refractivity contribution in [3.63, 3.8) is 0 Å². The quantitative estimate of drug-likeness (QED) is 0.614. The Morgan fingerprint density at radius 2 is 1.81 bits per heavy atom. The van der Waals surface area contributed by atoms with Gasteiger partial charge in [-0.2, -0.15) is 13.2 Å². The SMILES string of the molecule is CCCN(C(=O)NC1CC1)C(=O)c1cc(OCc2ccccc2)c(OC)cc1C(F)(F)F. The van der Waals surface area contributed by atoms with Crippen LogP contribution in [-0.2, 0) is 12.8 Å². The summed E-state index contributed by atoms with van der Waals surface area (Å²) in [4.78, 5) is 26.5. The minimum Gasteiger partial charge on any atom is -0.493 e. The van der Waals surface area contributed by atoms with E-state index in [0.29, 0.717) is 6.42 Å². The molecule has 3 amide bonds. The fourth-order valence-electron chi connectivity index (χ4n) is 3.12. The Morgan fingerprint density at radius 1 is 1.12 bits per heavy atom. The van der Waals surface area contributed by atoms with Crippen molar-refractivity contribution in [2.75, 3.05) is 13.7 Å². The molecule has 0 bridgehead atoms. The number of urea groups is 1. The van der Waals surface area contributed by atoms with E-state index in [0.717, 1.165) is 35.4 Å². The Balaban J connectivity index is 1.98. The van der Waals surface area contributed by atoms with Crippen LogP contribution >= 0.6 is 0 Å². The molecule has 1 aliphatic carbocycles. The molecule has 1 aliphatic rings. The number of imide groups is 1. The largest absolute Gasteiger partial charge is 0.493 e. The van der Waals surface area contributed by atoms with Crippen molar-refractivity contribution in [1.82, 2.24) is 10.2 Å². The second-order valence-corrected chi connectivity index (χ2v) is 7.50. The number of carbonyl (C=O) groups excluding carboxylic acids is 2. The second kappa shape index (κ2) is 9.93. The summed E-state index contributed by atoms with van der Waals surface area (Å²) in [5, 5.41) is 2.66. The van der Waals surface area contributed by atoms with Crippen LogP contribution in [0, 0.1) is 0 Å². The van der Waals surface area contributed by atoms with E-state index in [1.807, 2.05) is 6.07 Å². The van der Waals surface area contributed by atoms with E-state index in [1.54, 1.807) is 31.2 Å². The van der Waals surface area contributed by atoms with Gasteiger partial charge in [-0.25, -0.2) is 4.79 Å². The first kappa shape index (κ1) is 23.4. The van der Waals surface area contributed by atoms with Crippen LogP contribution in [0.4, 0.5) is 18.0 Å². The van der Waals surface area contributed by atoms with Gasteiger partial charge >= 0.3 is 12.2 Å². The Kier molecular flexibility index (Phi) is 7.27. The van der Waals surface area contributed by atoms with Crippen molar-refractivity contribution in [2.45, 2.75) is 45.0 Å². The van der Waals surface area contributed by atoms with E-state index in [1.165, 1.54) is 7.11 Å². The lowest BCUT2D eigenvalue weighted by atomic mass is 10.0. The highest BCUT2D eigenvalue weighted by atomic mass is 19.4. The lowest BCUT2D eigenvalue weighted by Gasteiger charge is -2.24. The molecule has 1 N–H and O–H groups in total. The minimum absolute atomic E-state index is 0.0130. The Bertz CT molecular complexity index is 960. The molecule has 1 fully saturated rings. The number of halogens is 3. The van der Waals surface area contributed by atoms with Crippen LogP contribution in [0.15, 0.2) is 42.5 Å². The van der Waals surface area contributed by atoms with Crippen molar-refractivity contribution < 1.29 is 32.2 Å². The number of alkyl halides is 3. The molecular weight excluding hydrogens is 425 g/mol. The third-order valence-corrected chi connectivity index (χ3v) is 4.92. The summed E-state index contributed by atoms with van der Waals surface area (Å²) in [6, 6.07) is 10.0. The molecule has 0 unspecified atom stereocenters. The predicted octanol–water partition coefficient (Wildman–Crippen LogP) is 5.02. The molecule has 6 nitrogen and oxygen atoms in total. The van der Waals surface area contributed by atoms with Crippen LogP contribution in [0.1, 0.15) is 47.7 Å². The standard InChI is InChI=1S/C23H25F3N2O4/c1-3-11-28(22(30)27-16-9-10-16)21(29)17-12-20(32-14-15-7-5-4-6-8-15)19(31-2)13-18(17)23(24,25)26/h4-8,12-13,16H,3,9-11,14H2,1-2H3,(H,27,30). The van der Waals surface area contributed by atoms with Crippen molar-refractivity contribution in [3.05, 3.63) is 59.2 Å². The zero-order valence-corrected chi connectivity index (χ0v) is 17.9. The molecule has 0 heterocycles. The Morgan fingerprint density at radius 3 is 2.38 bits per heavy atom. The van der Waals surface area contributed by atoms with Crippen LogP contribution in [0.3, 0.4) is 0 Å². The maximum absolute atomic E-state index is 13.8. The maximum atomic E-state index is 13.8. The summed E-state index contributed by atoms with van der Waals surface area (Å²) in [5.41, 5.74) is -1.06. The van der Waals surface area contributed by atoms with Gasteiger partial charge in [-0.05, 0) is 37.0 Å². The van der Waals surface area contributed by atoms with E-state index in [2.05, 4.69) is 5.32 Å². The third-order valence-electron chi connectivity index (χ3n) is 4.92. The monoisotopic (exact) mass is 450 g/mol. The van der Waals surface area contributed by atoms with E-state index < -0.39 is 29.2 Å². The minimum atomic E-state index is -4.83. The molecule has 0 saturated heterocycles. The van der Waals surface area contributed by atoms with Crippen molar-refractivity contribution in [3.8, 4) is 11.5 Å². The van der Waals surface area contributed by atoms with Gasteiger partial charge in [0, 0.05) is 12.6 Å². The second-order valence-electron chi connectivity index (χ2n) is 7.50. The van der Waals surface area contributed by atoms with E-state index in [-0.39, 0.29) is 30.7 Å². The van der Waals surface area contributed by atoms with Crippen molar-refractivity contribution in [1.29, 1.82) is 0 Å². The molecule has 2 aromatic rings. The lowest BCUT2D eigenvalue weighted by Crippen LogP contribution is -2.45. The molecule has 0 aliphatic heterocycles. The number of hydrogen-bond donors (Lipinski definition) is 1. The number of carbonyl (C=O) groups is 2. The van der Waals surface area contributed by atoms with Gasteiger partial charge in [0.05, 0.1) is 18.2 Å². The van der Waals surface area contributed by atoms with Crippen molar-refractivity contribution in [2.24, 2.45) is 0 Å². The van der Waals surface area contributed by atoms with E-state index in [9.17, 15) is 22.8 Å². The zero-order chi connectivity index (χ0) is 23.3. The first-order chi connectivity index (χ1) is 15.2. The molecule has 32 heavy (non-hydrogen) atoms. The van der Waals surface area contributed by atoms with Crippen molar-refractivity contribution >= 4 is 11.9 Å². The lowest BCUT2D eigenvalue weighted by molar-refractivity contribution is -0.138. The number of ether oxygens (including phenoxy) is 2. The fraction of sp³-hybridized carbons (Fsp3) is 0.391. The molecule has 0 aromatic heterocycles. The number of nitrogens with one attached hydrogen (secondary N) is 1. The zero-order valence-electron chi connectivity index (χ0n) is 17.9. The Hall–Kier alpha value is -3.23. The summed E-state index contributed by atoms with van der Waals surface area (Å²) in [6.07, 6.45) is -2.86. The smallest absolute Gasteiger partial charge is 0.417 e. The van der Waals surface area contributed by atoms with Crippen LogP contribution in [0.25, 0.3) is 0 Å².